The number of carbonyl (C=O) groups excluding carboxylic acids is 1. The number of aromatic nitrogens is 3. The number of nitrogens with one attached hydrogen (secondary N) is 2. The number of aryl methyl sites for hydroxylation is 2. The van der Waals surface area contributed by atoms with Crippen molar-refractivity contribution in [3.63, 3.8) is 0 Å². The van der Waals surface area contributed by atoms with E-state index in [-0.39, 0.29) is 11.9 Å². The van der Waals surface area contributed by atoms with Crippen molar-refractivity contribution in [2.45, 2.75) is 30.3 Å². The van der Waals surface area contributed by atoms with Gasteiger partial charge in [0.2, 0.25) is 11.1 Å². The van der Waals surface area contributed by atoms with E-state index >= 15 is 0 Å². The van der Waals surface area contributed by atoms with Gasteiger partial charge < -0.3 is 15.5 Å². The molecule has 3 aromatic rings. The quantitative estimate of drug-likeness (QED) is 0.706. The number of thioether (sulfide) groups is 1. The number of carbonyl (C=O) groups is 1. The third-order valence-electron chi connectivity index (χ3n) is 4.65. The van der Waals surface area contributed by atoms with Crippen molar-refractivity contribution in [2.24, 2.45) is 0 Å². The SMILES string of the molecule is COc1ccc(NC(=O)[C@H]2Sc3nnc(C)n3N[C@@H]2c2ccc(C)cc2)cc1. The highest BCUT2D eigenvalue weighted by molar-refractivity contribution is 8.00. The van der Waals surface area contributed by atoms with Gasteiger partial charge >= 0.3 is 0 Å². The molecule has 7 nitrogen and oxygen atoms in total. The van der Waals surface area contributed by atoms with E-state index in [0.29, 0.717) is 5.16 Å². The lowest BCUT2D eigenvalue weighted by Crippen LogP contribution is -2.41. The van der Waals surface area contributed by atoms with Gasteiger partial charge in [-0.05, 0) is 43.7 Å². The molecule has 4 rings (SSSR count). The number of amides is 1. The zero-order chi connectivity index (χ0) is 19.7. The van der Waals surface area contributed by atoms with E-state index in [9.17, 15) is 4.79 Å². The molecule has 1 aliphatic heterocycles. The van der Waals surface area contributed by atoms with Crippen LogP contribution in [0.15, 0.2) is 53.7 Å². The first-order valence-electron chi connectivity index (χ1n) is 8.92. The Labute approximate surface area is 167 Å². The number of fused-ring (bicyclic) bond motifs is 1. The van der Waals surface area contributed by atoms with Crippen molar-refractivity contribution >= 4 is 23.4 Å². The molecule has 0 saturated heterocycles. The van der Waals surface area contributed by atoms with Gasteiger partial charge in [-0.15, -0.1) is 10.2 Å². The molecule has 2 heterocycles. The predicted octanol–water partition coefficient (Wildman–Crippen LogP) is 3.30. The first-order chi connectivity index (χ1) is 13.5. The summed E-state index contributed by atoms with van der Waals surface area (Å²) in [6, 6.07) is 15.3. The lowest BCUT2D eigenvalue weighted by molar-refractivity contribution is -0.116. The molecule has 0 saturated carbocycles. The van der Waals surface area contributed by atoms with E-state index in [1.807, 2.05) is 54.9 Å². The van der Waals surface area contributed by atoms with Crippen molar-refractivity contribution in [3.8, 4) is 5.75 Å². The van der Waals surface area contributed by atoms with E-state index in [1.54, 1.807) is 7.11 Å². The van der Waals surface area contributed by atoms with Gasteiger partial charge in [0.15, 0.2) is 0 Å². The Morgan fingerprint density at radius 3 is 2.50 bits per heavy atom. The number of rotatable bonds is 4. The lowest BCUT2D eigenvalue weighted by atomic mass is 10.0. The third kappa shape index (κ3) is 3.55. The van der Waals surface area contributed by atoms with Crippen LogP contribution in [0.4, 0.5) is 5.69 Å². The van der Waals surface area contributed by atoms with Gasteiger partial charge in [-0.25, -0.2) is 4.68 Å². The maximum absolute atomic E-state index is 13.1. The highest BCUT2D eigenvalue weighted by Crippen LogP contribution is 2.37. The van der Waals surface area contributed by atoms with Crippen LogP contribution in [-0.2, 0) is 4.79 Å². The summed E-state index contributed by atoms with van der Waals surface area (Å²) in [4.78, 5) is 13.1. The molecule has 1 amide bonds. The van der Waals surface area contributed by atoms with Crippen LogP contribution in [0.2, 0.25) is 0 Å². The highest BCUT2D eigenvalue weighted by atomic mass is 32.2. The van der Waals surface area contributed by atoms with Crippen LogP contribution in [-0.4, -0.2) is 33.1 Å². The Morgan fingerprint density at radius 2 is 1.82 bits per heavy atom. The summed E-state index contributed by atoms with van der Waals surface area (Å²) in [7, 11) is 1.61. The molecule has 0 bridgehead atoms. The van der Waals surface area contributed by atoms with Gasteiger partial charge in [-0.3, -0.25) is 4.79 Å². The fourth-order valence-electron chi connectivity index (χ4n) is 3.07. The summed E-state index contributed by atoms with van der Waals surface area (Å²) < 4.78 is 7.01. The number of ether oxygens (including phenoxy) is 1. The Balaban J connectivity index is 1.62. The van der Waals surface area contributed by atoms with Crippen LogP contribution >= 0.6 is 11.8 Å². The summed E-state index contributed by atoms with van der Waals surface area (Å²) >= 11 is 1.41. The Kier molecular flexibility index (Phi) is 4.95. The average Bonchev–Trinajstić information content (AvgIpc) is 3.08. The third-order valence-corrected chi connectivity index (χ3v) is 5.87. The first-order valence-corrected chi connectivity index (χ1v) is 9.80. The second-order valence-corrected chi connectivity index (χ2v) is 7.75. The summed E-state index contributed by atoms with van der Waals surface area (Å²) in [5.41, 5.74) is 6.33. The lowest BCUT2D eigenvalue weighted by Gasteiger charge is -2.32. The Hall–Kier alpha value is -3.00. The van der Waals surface area contributed by atoms with Crippen LogP contribution in [0, 0.1) is 13.8 Å². The van der Waals surface area contributed by atoms with E-state index in [1.165, 1.54) is 17.3 Å². The average molecular weight is 395 g/mol. The number of hydrogen-bond donors (Lipinski definition) is 2. The molecular weight excluding hydrogens is 374 g/mol. The molecule has 1 aromatic heterocycles. The van der Waals surface area contributed by atoms with Crippen LogP contribution in [0.5, 0.6) is 5.75 Å². The largest absolute Gasteiger partial charge is 0.497 e. The zero-order valence-corrected chi connectivity index (χ0v) is 16.7. The summed E-state index contributed by atoms with van der Waals surface area (Å²) in [6.45, 7) is 3.93. The topological polar surface area (TPSA) is 81.1 Å². The van der Waals surface area contributed by atoms with Crippen molar-refractivity contribution in [1.29, 1.82) is 0 Å². The second kappa shape index (κ2) is 7.55. The Morgan fingerprint density at radius 1 is 1.11 bits per heavy atom. The van der Waals surface area contributed by atoms with Gasteiger partial charge in [-0.2, -0.15) is 0 Å². The molecule has 0 radical (unpaired) electrons. The minimum atomic E-state index is -0.402. The van der Waals surface area contributed by atoms with Gasteiger partial charge in [0.25, 0.3) is 0 Å². The molecule has 0 fully saturated rings. The molecule has 8 heteroatoms. The fourth-order valence-corrected chi connectivity index (χ4v) is 4.20. The van der Waals surface area contributed by atoms with Gasteiger partial charge in [0, 0.05) is 5.69 Å². The zero-order valence-electron chi connectivity index (χ0n) is 15.8. The maximum Gasteiger partial charge on any atom is 0.240 e. The smallest absolute Gasteiger partial charge is 0.240 e. The molecule has 0 aliphatic carbocycles. The number of methoxy groups -OCH3 is 1. The molecule has 144 valence electrons. The summed E-state index contributed by atoms with van der Waals surface area (Å²) in [6.07, 6.45) is 0. The molecule has 2 atom stereocenters. The van der Waals surface area contributed by atoms with Crippen molar-refractivity contribution in [2.75, 3.05) is 17.9 Å². The van der Waals surface area contributed by atoms with E-state index in [4.69, 9.17) is 4.74 Å². The van der Waals surface area contributed by atoms with E-state index in [2.05, 4.69) is 33.1 Å². The van der Waals surface area contributed by atoms with E-state index < -0.39 is 5.25 Å². The normalized spacial score (nSPS) is 18.1. The fraction of sp³-hybridized carbons (Fsp3) is 0.250. The van der Waals surface area contributed by atoms with Crippen LogP contribution in [0.3, 0.4) is 0 Å². The number of nitrogens with zero attached hydrogens (tertiary/aromatic N) is 3. The minimum Gasteiger partial charge on any atom is -0.497 e. The van der Waals surface area contributed by atoms with Crippen molar-refractivity contribution < 1.29 is 9.53 Å². The first kappa shape index (κ1) is 18.4. The second-order valence-electron chi connectivity index (χ2n) is 6.64. The molecule has 0 spiro atoms. The molecular formula is C20H21N5O2S. The predicted molar refractivity (Wildman–Crippen MR) is 109 cm³/mol. The maximum atomic E-state index is 13.1. The summed E-state index contributed by atoms with van der Waals surface area (Å²) in [5.74, 6) is 1.40. The standard InChI is InChI=1S/C20H21N5O2S/c1-12-4-6-14(7-5-12)17-18(28-20-23-22-13(2)25(20)24-17)19(26)21-15-8-10-16(27-3)11-9-15/h4-11,17-18,24H,1-3H3,(H,21,26)/t17-,18+/m1/s1. The number of benzene rings is 2. The summed E-state index contributed by atoms with van der Waals surface area (Å²) in [5, 5.41) is 11.6. The van der Waals surface area contributed by atoms with Crippen LogP contribution < -0.4 is 15.5 Å². The number of hydrogen-bond acceptors (Lipinski definition) is 6. The van der Waals surface area contributed by atoms with Crippen LogP contribution in [0.1, 0.15) is 23.0 Å². The highest BCUT2D eigenvalue weighted by Gasteiger charge is 2.37. The van der Waals surface area contributed by atoms with Crippen molar-refractivity contribution in [3.05, 3.63) is 65.5 Å². The van der Waals surface area contributed by atoms with Crippen LogP contribution in [0.25, 0.3) is 0 Å². The minimum absolute atomic E-state index is 0.0971. The van der Waals surface area contributed by atoms with Gasteiger partial charge in [0.05, 0.1) is 13.2 Å². The van der Waals surface area contributed by atoms with Gasteiger partial charge in [0.1, 0.15) is 16.8 Å². The molecule has 28 heavy (non-hydrogen) atoms. The molecule has 2 N–H and O–H groups in total. The molecule has 2 aromatic carbocycles. The molecule has 0 unspecified atom stereocenters. The van der Waals surface area contributed by atoms with Gasteiger partial charge in [-0.1, -0.05) is 41.6 Å². The molecule has 1 aliphatic rings. The Bertz CT molecular complexity index is 985. The van der Waals surface area contributed by atoms with Crippen molar-refractivity contribution in [1.82, 2.24) is 14.9 Å². The monoisotopic (exact) mass is 395 g/mol. The number of anilines is 1. The van der Waals surface area contributed by atoms with E-state index in [0.717, 1.165) is 22.8 Å².